The van der Waals surface area contributed by atoms with Crippen LogP contribution in [0.4, 0.5) is 5.69 Å². The number of nitrogens with zero attached hydrogens (tertiary/aromatic N) is 3. The molecular weight excluding hydrogens is 380 g/mol. The van der Waals surface area contributed by atoms with E-state index >= 15 is 0 Å². The van der Waals surface area contributed by atoms with Crippen LogP contribution in [0.2, 0.25) is 5.02 Å². The minimum atomic E-state index is -0.104. The molecule has 140 valence electrons. The Balaban J connectivity index is 1.63. The fraction of sp³-hybridized carbons (Fsp3) is 0.250. The summed E-state index contributed by atoms with van der Waals surface area (Å²) in [6.07, 6.45) is 0. The maximum Gasteiger partial charge on any atom is 0.234 e. The molecule has 0 atom stereocenters. The second-order valence-electron chi connectivity index (χ2n) is 6.49. The summed E-state index contributed by atoms with van der Waals surface area (Å²) in [5.74, 6) is 1.42. The number of benzene rings is 2. The summed E-state index contributed by atoms with van der Waals surface area (Å²) in [5, 5.41) is 12.7. The van der Waals surface area contributed by atoms with Gasteiger partial charge in [0.25, 0.3) is 0 Å². The van der Waals surface area contributed by atoms with Crippen LogP contribution in [0.25, 0.3) is 11.4 Å². The molecule has 3 aromatic rings. The molecule has 0 bridgehead atoms. The summed E-state index contributed by atoms with van der Waals surface area (Å²) in [6, 6.07) is 15.4. The third kappa shape index (κ3) is 4.90. The first kappa shape index (κ1) is 19.5. The standard InChI is InChI=1S/C20H21ClN4OS/c1-13(2)14-4-6-15(7-5-14)19-23-24-20(25(19)3)27-12-18(26)22-17-10-8-16(21)9-11-17/h4-11,13H,12H2,1-3H3,(H,22,26). The molecule has 3 rings (SSSR count). The van der Waals surface area contributed by atoms with Gasteiger partial charge in [-0.2, -0.15) is 0 Å². The highest BCUT2D eigenvalue weighted by Crippen LogP contribution is 2.24. The third-order valence-electron chi connectivity index (χ3n) is 4.13. The van der Waals surface area contributed by atoms with Crippen LogP contribution < -0.4 is 5.32 Å². The fourth-order valence-electron chi connectivity index (χ4n) is 2.57. The molecule has 0 aliphatic heterocycles. The Kier molecular flexibility index (Phi) is 6.19. The van der Waals surface area contributed by atoms with Crippen LogP contribution >= 0.6 is 23.4 Å². The second-order valence-corrected chi connectivity index (χ2v) is 7.86. The zero-order chi connectivity index (χ0) is 19.4. The zero-order valence-electron chi connectivity index (χ0n) is 15.4. The van der Waals surface area contributed by atoms with Crippen LogP contribution in [0.3, 0.4) is 0 Å². The van der Waals surface area contributed by atoms with Gasteiger partial charge in [-0.05, 0) is 35.7 Å². The Morgan fingerprint density at radius 3 is 2.41 bits per heavy atom. The highest BCUT2D eigenvalue weighted by Gasteiger charge is 2.13. The van der Waals surface area contributed by atoms with Crippen molar-refractivity contribution >= 4 is 35.0 Å². The average Bonchev–Trinajstić information content (AvgIpc) is 3.02. The van der Waals surface area contributed by atoms with E-state index in [4.69, 9.17) is 11.6 Å². The van der Waals surface area contributed by atoms with Crippen LogP contribution in [0.5, 0.6) is 0 Å². The maximum absolute atomic E-state index is 12.1. The van der Waals surface area contributed by atoms with Gasteiger partial charge in [-0.3, -0.25) is 4.79 Å². The number of nitrogens with one attached hydrogen (secondary N) is 1. The van der Waals surface area contributed by atoms with Crippen molar-refractivity contribution in [3.8, 4) is 11.4 Å². The Bertz CT molecular complexity index is 920. The fourth-order valence-corrected chi connectivity index (χ4v) is 3.41. The lowest BCUT2D eigenvalue weighted by atomic mass is 10.0. The lowest BCUT2D eigenvalue weighted by Gasteiger charge is -2.07. The summed E-state index contributed by atoms with van der Waals surface area (Å²) in [7, 11) is 1.91. The van der Waals surface area contributed by atoms with Crippen molar-refractivity contribution in [2.75, 3.05) is 11.1 Å². The average molecular weight is 401 g/mol. The molecule has 1 N–H and O–H groups in total. The third-order valence-corrected chi connectivity index (χ3v) is 5.40. The first-order valence-corrected chi connectivity index (χ1v) is 9.98. The van der Waals surface area contributed by atoms with Gasteiger partial charge in [-0.1, -0.05) is 61.5 Å². The van der Waals surface area contributed by atoms with Gasteiger partial charge in [0.05, 0.1) is 5.75 Å². The van der Waals surface area contributed by atoms with Gasteiger partial charge in [-0.15, -0.1) is 10.2 Å². The maximum atomic E-state index is 12.1. The molecule has 0 radical (unpaired) electrons. The van der Waals surface area contributed by atoms with E-state index in [2.05, 4.69) is 53.6 Å². The van der Waals surface area contributed by atoms with E-state index < -0.39 is 0 Å². The molecule has 0 saturated carbocycles. The molecule has 5 nitrogen and oxygen atoms in total. The summed E-state index contributed by atoms with van der Waals surface area (Å²) in [6.45, 7) is 4.34. The molecule has 0 fully saturated rings. The first-order valence-electron chi connectivity index (χ1n) is 8.62. The predicted molar refractivity (Wildman–Crippen MR) is 111 cm³/mol. The van der Waals surface area contributed by atoms with Gasteiger partial charge >= 0.3 is 0 Å². The Hall–Kier alpha value is -2.31. The molecule has 0 saturated heterocycles. The lowest BCUT2D eigenvalue weighted by molar-refractivity contribution is -0.113. The minimum absolute atomic E-state index is 0.104. The Labute approximate surface area is 168 Å². The molecule has 1 aromatic heterocycles. The zero-order valence-corrected chi connectivity index (χ0v) is 17.0. The quantitative estimate of drug-likeness (QED) is 0.592. The molecule has 7 heteroatoms. The van der Waals surface area contributed by atoms with Crippen molar-refractivity contribution in [2.45, 2.75) is 24.9 Å². The van der Waals surface area contributed by atoms with Gasteiger partial charge in [0.2, 0.25) is 5.91 Å². The van der Waals surface area contributed by atoms with E-state index in [0.717, 1.165) is 11.4 Å². The Morgan fingerprint density at radius 2 is 1.78 bits per heavy atom. The molecule has 1 amide bonds. The van der Waals surface area contributed by atoms with Crippen LogP contribution in [-0.2, 0) is 11.8 Å². The molecular formula is C20H21ClN4OS. The van der Waals surface area contributed by atoms with E-state index in [1.54, 1.807) is 24.3 Å². The van der Waals surface area contributed by atoms with Crippen molar-refractivity contribution in [2.24, 2.45) is 7.05 Å². The Morgan fingerprint density at radius 1 is 1.11 bits per heavy atom. The van der Waals surface area contributed by atoms with Crippen LogP contribution in [0.1, 0.15) is 25.3 Å². The molecule has 0 aliphatic rings. The van der Waals surface area contributed by atoms with E-state index in [0.29, 0.717) is 21.8 Å². The number of thioether (sulfide) groups is 1. The van der Waals surface area contributed by atoms with Gasteiger partial charge < -0.3 is 9.88 Å². The van der Waals surface area contributed by atoms with Crippen molar-refractivity contribution < 1.29 is 4.79 Å². The van der Waals surface area contributed by atoms with E-state index in [1.165, 1.54) is 17.3 Å². The number of rotatable bonds is 6. The number of anilines is 1. The van der Waals surface area contributed by atoms with E-state index in [9.17, 15) is 4.79 Å². The van der Waals surface area contributed by atoms with Crippen molar-refractivity contribution in [3.63, 3.8) is 0 Å². The molecule has 1 heterocycles. The van der Waals surface area contributed by atoms with Crippen molar-refractivity contribution in [3.05, 3.63) is 59.1 Å². The lowest BCUT2D eigenvalue weighted by Crippen LogP contribution is -2.14. The SMILES string of the molecule is CC(C)c1ccc(-c2nnc(SCC(=O)Nc3ccc(Cl)cc3)n2C)cc1. The van der Waals surface area contributed by atoms with Crippen LogP contribution in [-0.4, -0.2) is 26.4 Å². The molecule has 2 aromatic carbocycles. The van der Waals surface area contributed by atoms with E-state index in [1.807, 2.05) is 11.6 Å². The number of aromatic nitrogens is 3. The van der Waals surface area contributed by atoms with Gasteiger partial charge in [0.15, 0.2) is 11.0 Å². The number of halogens is 1. The van der Waals surface area contributed by atoms with E-state index in [-0.39, 0.29) is 11.7 Å². The second kappa shape index (κ2) is 8.59. The van der Waals surface area contributed by atoms with Crippen molar-refractivity contribution in [1.82, 2.24) is 14.8 Å². The molecule has 27 heavy (non-hydrogen) atoms. The molecule has 0 spiro atoms. The molecule has 0 unspecified atom stereocenters. The van der Waals surface area contributed by atoms with Gasteiger partial charge in [0, 0.05) is 23.3 Å². The predicted octanol–water partition coefficient (Wildman–Crippen LogP) is 4.99. The van der Waals surface area contributed by atoms with Crippen LogP contribution in [0, 0.1) is 0 Å². The summed E-state index contributed by atoms with van der Waals surface area (Å²) in [4.78, 5) is 12.1. The largest absolute Gasteiger partial charge is 0.325 e. The van der Waals surface area contributed by atoms with Crippen LogP contribution in [0.15, 0.2) is 53.7 Å². The number of hydrogen-bond donors (Lipinski definition) is 1. The highest BCUT2D eigenvalue weighted by molar-refractivity contribution is 7.99. The first-order chi connectivity index (χ1) is 12.9. The summed E-state index contributed by atoms with van der Waals surface area (Å²) in [5.41, 5.74) is 3.01. The smallest absolute Gasteiger partial charge is 0.234 e. The number of carbonyl (C=O) groups is 1. The minimum Gasteiger partial charge on any atom is -0.325 e. The van der Waals surface area contributed by atoms with Gasteiger partial charge in [-0.25, -0.2) is 0 Å². The highest BCUT2D eigenvalue weighted by atomic mass is 35.5. The van der Waals surface area contributed by atoms with Gasteiger partial charge in [0.1, 0.15) is 0 Å². The summed E-state index contributed by atoms with van der Waals surface area (Å²) < 4.78 is 1.91. The summed E-state index contributed by atoms with van der Waals surface area (Å²) >= 11 is 7.20. The number of amides is 1. The number of hydrogen-bond acceptors (Lipinski definition) is 4. The van der Waals surface area contributed by atoms with Crippen molar-refractivity contribution in [1.29, 1.82) is 0 Å². The molecule has 0 aliphatic carbocycles. The number of carbonyl (C=O) groups excluding carboxylic acids is 1. The topological polar surface area (TPSA) is 59.8 Å². The normalized spacial score (nSPS) is 11.0. The monoisotopic (exact) mass is 400 g/mol.